The molecule has 0 fully saturated rings. The van der Waals surface area contributed by atoms with Crippen LogP contribution in [0.15, 0.2) is 30.3 Å². The molecule has 1 rings (SSSR count). The topological polar surface area (TPSA) is 92.7 Å². The highest BCUT2D eigenvalue weighted by Crippen LogP contribution is 2.13. The summed E-state index contributed by atoms with van der Waals surface area (Å²) in [5.41, 5.74) is 0.364. The number of ether oxygens (including phenoxy) is 1. The highest BCUT2D eigenvalue weighted by atomic mass is 16.6. The number of carbonyl (C=O) groups is 3. The molecule has 0 radical (unpaired) electrons. The van der Waals surface area contributed by atoms with E-state index in [2.05, 4.69) is 5.32 Å². The zero-order chi connectivity index (χ0) is 19.0. The number of benzene rings is 1. The van der Waals surface area contributed by atoms with Crippen LogP contribution in [-0.4, -0.2) is 34.6 Å². The minimum Gasteiger partial charge on any atom is -0.481 e. The van der Waals surface area contributed by atoms with E-state index in [4.69, 9.17) is 9.84 Å². The molecule has 0 saturated carbocycles. The number of Topliss-reactive ketones (excluding diaryl/α,β-unsaturated/α-hetero) is 1. The summed E-state index contributed by atoms with van der Waals surface area (Å²) in [5.74, 6) is -2.14. The van der Waals surface area contributed by atoms with Crippen molar-refractivity contribution in [2.24, 2.45) is 5.92 Å². The largest absolute Gasteiger partial charge is 0.481 e. The summed E-state index contributed by atoms with van der Waals surface area (Å²) in [5, 5.41) is 11.6. The van der Waals surface area contributed by atoms with Crippen LogP contribution in [0.4, 0.5) is 4.79 Å². The quantitative estimate of drug-likeness (QED) is 0.752. The number of amides is 1. The number of carboxylic acids is 1. The second kappa shape index (κ2) is 9.20. The van der Waals surface area contributed by atoms with Crippen molar-refractivity contribution in [3.8, 4) is 0 Å². The highest BCUT2D eigenvalue weighted by Gasteiger charge is 2.26. The number of aryl methyl sites for hydroxylation is 1. The van der Waals surface area contributed by atoms with Gasteiger partial charge in [-0.3, -0.25) is 9.59 Å². The first-order valence-electron chi connectivity index (χ1n) is 8.37. The zero-order valence-corrected chi connectivity index (χ0v) is 15.2. The first-order chi connectivity index (χ1) is 11.6. The first-order valence-corrected chi connectivity index (χ1v) is 8.37. The van der Waals surface area contributed by atoms with Gasteiger partial charge in [-0.05, 0) is 39.2 Å². The lowest BCUT2D eigenvalue weighted by Gasteiger charge is -2.23. The Hall–Kier alpha value is -2.37. The minimum absolute atomic E-state index is 0.134. The molecule has 0 aliphatic rings. The predicted octanol–water partition coefficient (Wildman–Crippen LogP) is 3.19. The summed E-state index contributed by atoms with van der Waals surface area (Å²) in [6.45, 7) is 6.68. The second-order valence-corrected chi connectivity index (χ2v) is 7.13. The zero-order valence-electron chi connectivity index (χ0n) is 15.2. The molecule has 0 saturated heterocycles. The van der Waals surface area contributed by atoms with E-state index in [1.807, 2.05) is 30.3 Å². The molecule has 0 aliphatic carbocycles. The van der Waals surface area contributed by atoms with Crippen molar-refractivity contribution < 1.29 is 24.2 Å². The number of alkyl carbamates (subject to hydrolysis) is 1. The van der Waals surface area contributed by atoms with E-state index < -0.39 is 29.6 Å². The Morgan fingerprint density at radius 1 is 1.16 bits per heavy atom. The fraction of sp³-hybridized carbons (Fsp3) is 0.526. The third kappa shape index (κ3) is 8.33. The van der Waals surface area contributed by atoms with Crippen molar-refractivity contribution in [1.29, 1.82) is 0 Å². The molecule has 1 aromatic rings. The van der Waals surface area contributed by atoms with Gasteiger partial charge < -0.3 is 15.2 Å². The Morgan fingerprint density at radius 3 is 2.28 bits per heavy atom. The molecule has 6 nitrogen and oxygen atoms in total. The van der Waals surface area contributed by atoms with Crippen molar-refractivity contribution in [2.75, 3.05) is 0 Å². The number of rotatable bonds is 8. The molecule has 0 aliphatic heterocycles. The normalized spacial score (nSPS) is 13.6. The standard InChI is InChI=1S/C19H27NO5/c1-13(17(22)23)12-16(21)15(20-18(24)25-19(2,3)4)11-10-14-8-6-5-7-9-14/h5-9,13,15H,10-12H2,1-4H3,(H,20,24)(H,22,23)/t13-,15-/m1/s1. The number of carbonyl (C=O) groups excluding carboxylic acids is 2. The fourth-order valence-corrected chi connectivity index (χ4v) is 2.25. The molecule has 25 heavy (non-hydrogen) atoms. The van der Waals surface area contributed by atoms with Crippen LogP contribution in [0.5, 0.6) is 0 Å². The molecule has 0 spiro atoms. The SMILES string of the molecule is C[C@H](CC(=O)[C@@H](CCc1ccccc1)NC(=O)OC(C)(C)C)C(=O)O. The minimum atomic E-state index is -1.03. The van der Waals surface area contributed by atoms with Gasteiger partial charge in [-0.15, -0.1) is 0 Å². The molecule has 2 N–H and O–H groups in total. The van der Waals surface area contributed by atoms with E-state index in [9.17, 15) is 14.4 Å². The van der Waals surface area contributed by atoms with Crippen LogP contribution in [0.1, 0.15) is 46.1 Å². The van der Waals surface area contributed by atoms with Crippen molar-refractivity contribution in [3.05, 3.63) is 35.9 Å². The lowest BCUT2D eigenvalue weighted by Crippen LogP contribution is -2.44. The van der Waals surface area contributed by atoms with Crippen molar-refractivity contribution in [3.63, 3.8) is 0 Å². The van der Waals surface area contributed by atoms with Crippen LogP contribution in [0.2, 0.25) is 0 Å². The molecule has 1 aromatic carbocycles. The number of hydrogen-bond acceptors (Lipinski definition) is 4. The summed E-state index contributed by atoms with van der Waals surface area (Å²) in [6.07, 6.45) is 0.162. The van der Waals surface area contributed by atoms with E-state index in [0.29, 0.717) is 12.8 Å². The molecular formula is C19H27NO5. The number of ketones is 1. The van der Waals surface area contributed by atoms with Crippen molar-refractivity contribution >= 4 is 17.8 Å². The lowest BCUT2D eigenvalue weighted by molar-refractivity contribution is -0.143. The average Bonchev–Trinajstić information content (AvgIpc) is 2.50. The second-order valence-electron chi connectivity index (χ2n) is 7.13. The van der Waals surface area contributed by atoms with Gasteiger partial charge in [-0.1, -0.05) is 37.3 Å². The maximum Gasteiger partial charge on any atom is 0.408 e. The number of hydrogen-bond donors (Lipinski definition) is 2. The highest BCUT2D eigenvalue weighted by molar-refractivity contribution is 5.90. The van der Waals surface area contributed by atoms with Gasteiger partial charge in [0.15, 0.2) is 5.78 Å². The summed E-state index contributed by atoms with van der Waals surface area (Å²) in [4.78, 5) is 35.4. The Bertz CT molecular complexity index is 592. The van der Waals surface area contributed by atoms with Crippen LogP contribution in [0.25, 0.3) is 0 Å². The first kappa shape index (κ1) is 20.7. The lowest BCUT2D eigenvalue weighted by atomic mass is 9.96. The molecule has 0 aromatic heterocycles. The molecule has 0 bridgehead atoms. The molecule has 0 heterocycles. The van der Waals surface area contributed by atoms with Crippen molar-refractivity contribution in [1.82, 2.24) is 5.32 Å². The van der Waals surface area contributed by atoms with E-state index in [1.54, 1.807) is 20.8 Å². The summed E-state index contributed by atoms with van der Waals surface area (Å²) >= 11 is 0. The van der Waals surface area contributed by atoms with Crippen LogP contribution in [-0.2, 0) is 20.7 Å². The number of nitrogens with one attached hydrogen (secondary N) is 1. The van der Waals surface area contributed by atoms with Gasteiger partial charge in [-0.25, -0.2) is 4.79 Å². The van der Waals surface area contributed by atoms with Crippen LogP contribution >= 0.6 is 0 Å². The monoisotopic (exact) mass is 349 g/mol. The fourth-order valence-electron chi connectivity index (χ4n) is 2.25. The molecule has 2 atom stereocenters. The van der Waals surface area contributed by atoms with Gasteiger partial charge in [0.25, 0.3) is 0 Å². The van der Waals surface area contributed by atoms with Crippen molar-refractivity contribution in [2.45, 2.75) is 58.6 Å². The van der Waals surface area contributed by atoms with E-state index in [-0.39, 0.29) is 12.2 Å². The maximum absolute atomic E-state index is 12.4. The number of aliphatic carboxylic acids is 1. The molecule has 0 unspecified atom stereocenters. The average molecular weight is 349 g/mol. The van der Waals surface area contributed by atoms with Crippen LogP contribution < -0.4 is 5.32 Å². The summed E-state index contributed by atoms with van der Waals surface area (Å²) < 4.78 is 5.20. The van der Waals surface area contributed by atoms with Gasteiger partial charge in [-0.2, -0.15) is 0 Å². The van der Waals surface area contributed by atoms with Crippen LogP contribution in [0.3, 0.4) is 0 Å². The van der Waals surface area contributed by atoms with Gasteiger partial charge in [0.05, 0.1) is 12.0 Å². The Labute approximate surface area is 148 Å². The Morgan fingerprint density at radius 2 is 1.76 bits per heavy atom. The Kier molecular flexibility index (Phi) is 7.61. The smallest absolute Gasteiger partial charge is 0.408 e. The molecule has 6 heteroatoms. The van der Waals surface area contributed by atoms with Gasteiger partial charge >= 0.3 is 12.1 Å². The third-order valence-electron chi connectivity index (χ3n) is 3.57. The summed E-state index contributed by atoms with van der Waals surface area (Å²) in [7, 11) is 0. The third-order valence-corrected chi connectivity index (χ3v) is 3.57. The van der Waals surface area contributed by atoms with Crippen LogP contribution in [0, 0.1) is 5.92 Å². The Balaban J connectivity index is 2.76. The summed E-state index contributed by atoms with van der Waals surface area (Å²) in [6, 6.07) is 8.81. The maximum atomic E-state index is 12.4. The molecule has 138 valence electrons. The van der Waals surface area contributed by atoms with E-state index in [0.717, 1.165) is 5.56 Å². The van der Waals surface area contributed by atoms with E-state index >= 15 is 0 Å². The van der Waals surface area contributed by atoms with E-state index in [1.165, 1.54) is 6.92 Å². The molecular weight excluding hydrogens is 322 g/mol. The van der Waals surface area contributed by atoms with Gasteiger partial charge in [0, 0.05) is 6.42 Å². The predicted molar refractivity (Wildman–Crippen MR) is 94.3 cm³/mol. The van der Waals surface area contributed by atoms with Gasteiger partial charge in [0.1, 0.15) is 5.60 Å². The van der Waals surface area contributed by atoms with Gasteiger partial charge in [0.2, 0.25) is 0 Å². The number of carboxylic acid groups (broad SMARTS) is 1. The molecule has 1 amide bonds.